The van der Waals surface area contributed by atoms with Crippen LogP contribution in [0.2, 0.25) is 0 Å². The Morgan fingerprint density at radius 1 is 0.800 bits per heavy atom. The molecule has 0 saturated heterocycles. The maximum atomic E-state index is 6.17. The Morgan fingerprint density at radius 3 is 2.40 bits per heavy atom. The molecule has 0 fully saturated rings. The van der Waals surface area contributed by atoms with Crippen molar-refractivity contribution in [1.29, 1.82) is 0 Å². The number of para-hydroxylation sites is 1. The summed E-state index contributed by atoms with van der Waals surface area (Å²) in [6, 6.07) is 14.3. The van der Waals surface area contributed by atoms with E-state index in [1.807, 2.05) is 30.3 Å². The summed E-state index contributed by atoms with van der Waals surface area (Å²) in [5.41, 5.74) is 4.30. The van der Waals surface area contributed by atoms with Gasteiger partial charge in [0.2, 0.25) is 0 Å². The summed E-state index contributed by atoms with van der Waals surface area (Å²) in [5.74, 6) is 0.906. The fraction of sp³-hybridized carbons (Fsp3) is 0.391. The molecule has 0 atom stereocenters. The zero-order valence-corrected chi connectivity index (χ0v) is 18.0. The topological polar surface area (TPSA) is 73.1 Å². The second-order valence-electron chi connectivity index (χ2n) is 8.03. The van der Waals surface area contributed by atoms with Gasteiger partial charge in [0.05, 0.1) is 16.4 Å². The lowest BCUT2D eigenvalue weighted by Gasteiger charge is -2.17. The van der Waals surface area contributed by atoms with Crippen LogP contribution in [0.1, 0.15) is 11.4 Å². The monoisotopic (exact) mass is 406 g/mol. The third-order valence-electron chi connectivity index (χ3n) is 5.44. The van der Waals surface area contributed by atoms with E-state index >= 15 is 0 Å². The summed E-state index contributed by atoms with van der Waals surface area (Å²) < 4.78 is 6.17. The van der Waals surface area contributed by atoms with E-state index in [1.165, 1.54) is 11.1 Å². The van der Waals surface area contributed by atoms with Crippen LogP contribution in [0.3, 0.4) is 0 Å². The summed E-state index contributed by atoms with van der Waals surface area (Å²) in [7, 11) is 6.29. The van der Waals surface area contributed by atoms with Gasteiger partial charge in [-0.15, -0.1) is 0 Å². The molecule has 2 aromatic carbocycles. The molecule has 0 radical (unpaired) electrons. The molecule has 7 heteroatoms. The summed E-state index contributed by atoms with van der Waals surface area (Å²) >= 11 is 0. The van der Waals surface area contributed by atoms with Gasteiger partial charge in [0, 0.05) is 49.2 Å². The van der Waals surface area contributed by atoms with Crippen LogP contribution >= 0.6 is 0 Å². The minimum Gasteiger partial charge on any atom is -0.491 e. The lowest BCUT2D eigenvalue weighted by Crippen LogP contribution is -2.26. The molecule has 30 heavy (non-hydrogen) atoms. The van der Waals surface area contributed by atoms with Crippen molar-refractivity contribution in [3.8, 4) is 5.75 Å². The van der Waals surface area contributed by atoms with E-state index in [2.05, 4.69) is 63.5 Å². The molecule has 2 N–H and O–H groups in total. The molecule has 4 aromatic rings. The number of H-pyrrole nitrogens is 2. The molecule has 0 bridgehead atoms. The minimum absolute atomic E-state index is 0.637. The highest BCUT2D eigenvalue weighted by Gasteiger charge is 2.12. The fourth-order valence-corrected chi connectivity index (χ4v) is 3.67. The molecule has 0 spiro atoms. The van der Waals surface area contributed by atoms with Crippen LogP contribution in [-0.2, 0) is 12.8 Å². The van der Waals surface area contributed by atoms with Gasteiger partial charge in [-0.25, -0.2) is 0 Å². The lowest BCUT2D eigenvalue weighted by molar-refractivity contribution is 0.240. The second kappa shape index (κ2) is 9.28. The summed E-state index contributed by atoms with van der Waals surface area (Å²) in [5, 5.41) is 17.5. The number of benzene rings is 2. The quantitative estimate of drug-likeness (QED) is 0.423. The van der Waals surface area contributed by atoms with Crippen LogP contribution in [0.25, 0.3) is 21.8 Å². The number of hydrogen-bond acceptors (Lipinski definition) is 5. The van der Waals surface area contributed by atoms with Crippen molar-refractivity contribution in [2.45, 2.75) is 12.8 Å². The van der Waals surface area contributed by atoms with Gasteiger partial charge in [-0.3, -0.25) is 10.2 Å². The number of aromatic nitrogens is 4. The predicted molar refractivity (Wildman–Crippen MR) is 121 cm³/mol. The first-order chi connectivity index (χ1) is 14.6. The van der Waals surface area contributed by atoms with Crippen LogP contribution in [0, 0.1) is 0 Å². The van der Waals surface area contributed by atoms with Crippen LogP contribution in [0.4, 0.5) is 0 Å². The Hall–Kier alpha value is -2.90. The number of nitrogens with zero attached hydrogens (tertiary/aromatic N) is 4. The lowest BCUT2D eigenvalue weighted by atomic mass is 10.1. The Morgan fingerprint density at radius 2 is 1.53 bits per heavy atom. The Kier molecular flexibility index (Phi) is 6.30. The van der Waals surface area contributed by atoms with Crippen molar-refractivity contribution in [2.75, 3.05) is 47.4 Å². The maximum absolute atomic E-state index is 6.17. The summed E-state index contributed by atoms with van der Waals surface area (Å²) in [6.07, 6.45) is 1.85. The maximum Gasteiger partial charge on any atom is 0.130 e. The normalized spacial score (nSPS) is 11.9. The van der Waals surface area contributed by atoms with Crippen molar-refractivity contribution in [3.63, 3.8) is 0 Å². The van der Waals surface area contributed by atoms with Gasteiger partial charge in [-0.1, -0.05) is 24.3 Å². The van der Waals surface area contributed by atoms with E-state index in [1.54, 1.807) is 0 Å². The largest absolute Gasteiger partial charge is 0.491 e. The second-order valence-corrected chi connectivity index (χ2v) is 8.03. The van der Waals surface area contributed by atoms with E-state index in [9.17, 15) is 0 Å². The first-order valence-corrected chi connectivity index (χ1v) is 10.5. The average Bonchev–Trinajstić information content (AvgIpc) is 3.35. The molecular weight excluding hydrogens is 376 g/mol. The van der Waals surface area contributed by atoms with Crippen LogP contribution < -0.4 is 4.74 Å². The number of ether oxygens (including phenoxy) is 1. The smallest absolute Gasteiger partial charge is 0.130 e. The van der Waals surface area contributed by atoms with E-state index < -0.39 is 0 Å². The van der Waals surface area contributed by atoms with Crippen molar-refractivity contribution in [3.05, 3.63) is 53.9 Å². The zero-order chi connectivity index (χ0) is 20.9. The number of aromatic amines is 2. The highest BCUT2D eigenvalue weighted by molar-refractivity contribution is 5.87. The van der Waals surface area contributed by atoms with Gasteiger partial charge in [-0.2, -0.15) is 10.2 Å². The molecule has 0 aliphatic rings. The molecule has 0 unspecified atom stereocenters. The van der Waals surface area contributed by atoms with Crippen molar-refractivity contribution in [1.82, 2.24) is 30.2 Å². The third-order valence-corrected chi connectivity index (χ3v) is 5.44. The van der Waals surface area contributed by atoms with E-state index in [4.69, 9.17) is 4.74 Å². The number of fused-ring (bicyclic) bond motifs is 2. The molecule has 0 aliphatic heterocycles. The minimum atomic E-state index is 0.637. The fourth-order valence-electron chi connectivity index (χ4n) is 3.67. The van der Waals surface area contributed by atoms with Gasteiger partial charge in [-0.05, 0) is 39.3 Å². The molecule has 7 nitrogen and oxygen atoms in total. The molecule has 2 aromatic heterocycles. The summed E-state index contributed by atoms with van der Waals surface area (Å²) in [4.78, 5) is 4.46. The van der Waals surface area contributed by atoms with E-state index in [-0.39, 0.29) is 0 Å². The molecule has 0 aliphatic carbocycles. The van der Waals surface area contributed by atoms with Gasteiger partial charge < -0.3 is 14.5 Å². The van der Waals surface area contributed by atoms with Crippen molar-refractivity contribution >= 4 is 21.8 Å². The Balaban J connectivity index is 1.32. The Labute approximate surface area is 177 Å². The van der Waals surface area contributed by atoms with Gasteiger partial charge in [0.1, 0.15) is 12.4 Å². The van der Waals surface area contributed by atoms with Crippen LogP contribution in [0.15, 0.2) is 42.5 Å². The number of nitrogens with one attached hydrogen (secondary N) is 2. The van der Waals surface area contributed by atoms with Gasteiger partial charge in [0.25, 0.3) is 0 Å². The number of likely N-dealkylation sites (N-methyl/N-ethyl adjacent to an activating group) is 2. The highest BCUT2D eigenvalue weighted by Crippen LogP contribution is 2.27. The first kappa shape index (κ1) is 20.4. The van der Waals surface area contributed by atoms with Gasteiger partial charge >= 0.3 is 0 Å². The number of hydrogen-bond donors (Lipinski definition) is 2. The standard InChI is InChI=1S/C23H30N6O/c1-28(2)13-11-21-23-20(26-27-21)9-6-10-22(23)30-16-15-29(3)14-12-19-17-7-4-5-8-18(17)24-25-19/h4-10H,11-16H2,1-3H3,(H,24,25)(H,26,27). The van der Waals surface area contributed by atoms with Gasteiger partial charge in [0.15, 0.2) is 0 Å². The molecule has 0 saturated carbocycles. The molecule has 2 heterocycles. The SMILES string of the molecule is CN(C)CCc1[nH]nc2cccc(OCCN(C)CCc3[nH]nc4ccccc34)c12. The van der Waals surface area contributed by atoms with Crippen molar-refractivity contribution in [2.24, 2.45) is 0 Å². The molecule has 4 rings (SSSR count). The van der Waals surface area contributed by atoms with Crippen molar-refractivity contribution < 1.29 is 4.74 Å². The Bertz CT molecular complexity index is 1100. The van der Waals surface area contributed by atoms with Crippen LogP contribution in [-0.4, -0.2) is 77.6 Å². The third kappa shape index (κ3) is 4.63. The average molecular weight is 407 g/mol. The first-order valence-electron chi connectivity index (χ1n) is 10.5. The van der Waals surface area contributed by atoms with Crippen LogP contribution in [0.5, 0.6) is 5.75 Å². The van der Waals surface area contributed by atoms with E-state index in [0.29, 0.717) is 6.61 Å². The highest BCUT2D eigenvalue weighted by atomic mass is 16.5. The zero-order valence-electron chi connectivity index (χ0n) is 18.0. The molecular formula is C23H30N6O. The number of rotatable bonds is 10. The van der Waals surface area contributed by atoms with E-state index in [0.717, 1.165) is 60.3 Å². The summed E-state index contributed by atoms with van der Waals surface area (Å²) in [6.45, 7) is 3.40. The predicted octanol–water partition coefficient (Wildman–Crippen LogP) is 3.10. The molecule has 158 valence electrons. The molecule has 0 amide bonds.